The highest BCUT2D eigenvalue weighted by atomic mass is 35.5. The van der Waals surface area contributed by atoms with E-state index in [4.69, 9.17) is 11.6 Å². The van der Waals surface area contributed by atoms with E-state index < -0.39 is 0 Å². The van der Waals surface area contributed by atoms with Gasteiger partial charge in [0.25, 0.3) is 0 Å². The number of nitrogens with zero attached hydrogens (tertiary/aromatic N) is 3. The van der Waals surface area contributed by atoms with Crippen LogP contribution in [0.1, 0.15) is 12.8 Å². The summed E-state index contributed by atoms with van der Waals surface area (Å²) in [6.45, 7) is 1.79. The van der Waals surface area contributed by atoms with Crippen LogP contribution in [0.2, 0.25) is 5.02 Å². The van der Waals surface area contributed by atoms with E-state index in [1.165, 1.54) is 5.57 Å². The van der Waals surface area contributed by atoms with Crippen molar-refractivity contribution in [3.05, 3.63) is 84.1 Å². The molecule has 30 heavy (non-hydrogen) atoms. The minimum atomic E-state index is 0.649. The van der Waals surface area contributed by atoms with Gasteiger partial charge in [0.05, 0.1) is 23.8 Å². The molecule has 6 nitrogen and oxygen atoms in total. The zero-order valence-corrected chi connectivity index (χ0v) is 17.2. The number of rotatable bonds is 8. The third kappa shape index (κ3) is 5.58. The first kappa shape index (κ1) is 19.9. The van der Waals surface area contributed by atoms with Crippen LogP contribution in [-0.4, -0.2) is 28.0 Å². The third-order valence-electron chi connectivity index (χ3n) is 4.63. The number of pyridine rings is 1. The van der Waals surface area contributed by atoms with Crippen molar-refractivity contribution in [1.82, 2.24) is 20.3 Å². The van der Waals surface area contributed by atoms with Crippen LogP contribution in [0.5, 0.6) is 0 Å². The van der Waals surface area contributed by atoms with E-state index in [0.29, 0.717) is 10.8 Å². The standard InChI is InChI=1S/C23H23ClN6/c24-19-4-1-5-20(12-19)29-23-16-27-15-22(30-23)18-11-21(14-26-13-18)28-8-2-3-17-6-9-25-10-7-17/h1,4-7,9,11-16,25,28H,2-3,8,10H2,(H,29,30). The molecular weight excluding hydrogens is 396 g/mol. The fraction of sp³-hybridized carbons (Fsp3) is 0.174. The van der Waals surface area contributed by atoms with Gasteiger partial charge in [0.15, 0.2) is 0 Å². The zero-order valence-electron chi connectivity index (χ0n) is 16.5. The maximum absolute atomic E-state index is 6.05. The van der Waals surface area contributed by atoms with Gasteiger partial charge in [-0.05, 0) is 55.0 Å². The first-order chi connectivity index (χ1) is 14.8. The SMILES string of the molecule is Clc1cccc(Nc2cncc(-c3cncc(NCCCC4=CCNC=C4)c3)n2)c1. The number of dihydropyridines is 1. The maximum Gasteiger partial charge on any atom is 0.149 e. The Bertz CT molecular complexity index is 1060. The Morgan fingerprint density at radius 1 is 1.03 bits per heavy atom. The van der Waals surface area contributed by atoms with Crippen LogP contribution in [0.3, 0.4) is 0 Å². The molecule has 0 aliphatic carbocycles. The number of benzene rings is 1. The zero-order chi connectivity index (χ0) is 20.6. The van der Waals surface area contributed by atoms with Gasteiger partial charge >= 0.3 is 0 Å². The number of anilines is 3. The summed E-state index contributed by atoms with van der Waals surface area (Å²) in [6, 6.07) is 9.54. The monoisotopic (exact) mass is 418 g/mol. The van der Waals surface area contributed by atoms with Crippen molar-refractivity contribution in [2.24, 2.45) is 0 Å². The highest BCUT2D eigenvalue weighted by Crippen LogP contribution is 2.23. The van der Waals surface area contributed by atoms with Crippen molar-refractivity contribution < 1.29 is 0 Å². The van der Waals surface area contributed by atoms with E-state index in [0.717, 1.165) is 48.6 Å². The second-order valence-corrected chi connectivity index (χ2v) is 7.37. The molecule has 3 heterocycles. The molecule has 0 amide bonds. The topological polar surface area (TPSA) is 74.8 Å². The van der Waals surface area contributed by atoms with Gasteiger partial charge in [-0.15, -0.1) is 0 Å². The molecule has 1 aliphatic rings. The molecule has 152 valence electrons. The van der Waals surface area contributed by atoms with Gasteiger partial charge in [-0.25, -0.2) is 4.98 Å². The summed E-state index contributed by atoms with van der Waals surface area (Å²) >= 11 is 6.05. The molecule has 0 spiro atoms. The molecule has 0 atom stereocenters. The van der Waals surface area contributed by atoms with Crippen molar-refractivity contribution in [1.29, 1.82) is 0 Å². The molecule has 0 saturated heterocycles. The van der Waals surface area contributed by atoms with Gasteiger partial charge in [0.2, 0.25) is 0 Å². The normalized spacial score (nSPS) is 12.8. The average molecular weight is 419 g/mol. The van der Waals surface area contributed by atoms with Crippen molar-refractivity contribution in [2.45, 2.75) is 12.8 Å². The van der Waals surface area contributed by atoms with Gasteiger partial charge in [-0.2, -0.15) is 0 Å². The van der Waals surface area contributed by atoms with Crippen molar-refractivity contribution in [2.75, 3.05) is 23.7 Å². The molecule has 1 aliphatic heterocycles. The molecule has 3 aromatic rings. The van der Waals surface area contributed by atoms with E-state index in [1.807, 2.05) is 42.7 Å². The maximum atomic E-state index is 6.05. The minimum absolute atomic E-state index is 0.649. The summed E-state index contributed by atoms with van der Waals surface area (Å²) in [5, 5.41) is 10.5. The predicted octanol–water partition coefficient (Wildman–Crippen LogP) is 5.17. The highest BCUT2D eigenvalue weighted by Gasteiger charge is 2.05. The van der Waals surface area contributed by atoms with Crippen LogP contribution in [0.25, 0.3) is 11.3 Å². The van der Waals surface area contributed by atoms with Crippen LogP contribution in [0.4, 0.5) is 17.2 Å². The van der Waals surface area contributed by atoms with E-state index in [9.17, 15) is 0 Å². The lowest BCUT2D eigenvalue weighted by Gasteiger charge is -2.11. The molecule has 2 aromatic heterocycles. The van der Waals surface area contributed by atoms with Crippen LogP contribution in [0.15, 0.2) is 79.0 Å². The number of allylic oxidation sites excluding steroid dienone is 2. The van der Waals surface area contributed by atoms with Gasteiger partial charge in [-0.1, -0.05) is 23.7 Å². The molecule has 4 rings (SSSR count). The van der Waals surface area contributed by atoms with Crippen LogP contribution >= 0.6 is 11.6 Å². The van der Waals surface area contributed by atoms with Gasteiger partial charge < -0.3 is 16.0 Å². The first-order valence-electron chi connectivity index (χ1n) is 9.89. The van der Waals surface area contributed by atoms with E-state index in [1.54, 1.807) is 18.6 Å². The van der Waals surface area contributed by atoms with E-state index in [-0.39, 0.29) is 0 Å². The smallest absolute Gasteiger partial charge is 0.149 e. The number of hydrogen-bond donors (Lipinski definition) is 3. The highest BCUT2D eigenvalue weighted by molar-refractivity contribution is 6.30. The Morgan fingerprint density at radius 2 is 1.97 bits per heavy atom. The second-order valence-electron chi connectivity index (χ2n) is 6.94. The van der Waals surface area contributed by atoms with Crippen molar-refractivity contribution in [3.8, 4) is 11.3 Å². The predicted molar refractivity (Wildman–Crippen MR) is 123 cm³/mol. The van der Waals surface area contributed by atoms with Gasteiger partial charge in [0.1, 0.15) is 5.82 Å². The third-order valence-corrected chi connectivity index (χ3v) is 4.87. The van der Waals surface area contributed by atoms with Crippen LogP contribution < -0.4 is 16.0 Å². The molecular formula is C23H23ClN6. The summed E-state index contributed by atoms with van der Waals surface area (Å²) in [5.41, 5.74) is 4.87. The van der Waals surface area contributed by atoms with Gasteiger partial charge in [-0.3, -0.25) is 9.97 Å². The summed E-state index contributed by atoms with van der Waals surface area (Å²) in [6.07, 6.45) is 15.5. The Balaban J connectivity index is 1.38. The number of aromatic nitrogens is 3. The van der Waals surface area contributed by atoms with Crippen LogP contribution in [0, 0.1) is 0 Å². The van der Waals surface area contributed by atoms with Crippen molar-refractivity contribution >= 4 is 28.8 Å². The van der Waals surface area contributed by atoms with Gasteiger partial charge in [0, 0.05) is 41.8 Å². The van der Waals surface area contributed by atoms with Crippen molar-refractivity contribution in [3.63, 3.8) is 0 Å². The molecule has 0 saturated carbocycles. The molecule has 3 N–H and O–H groups in total. The molecule has 0 bridgehead atoms. The van der Waals surface area contributed by atoms with E-state index >= 15 is 0 Å². The summed E-state index contributed by atoms with van der Waals surface area (Å²) < 4.78 is 0. The fourth-order valence-electron chi connectivity index (χ4n) is 3.16. The Kier molecular flexibility index (Phi) is 6.57. The quantitative estimate of drug-likeness (QED) is 0.438. The molecule has 0 radical (unpaired) electrons. The summed E-state index contributed by atoms with van der Waals surface area (Å²) in [4.78, 5) is 13.3. The minimum Gasteiger partial charge on any atom is -0.387 e. The fourth-order valence-corrected chi connectivity index (χ4v) is 3.35. The average Bonchev–Trinajstić information content (AvgIpc) is 2.78. The van der Waals surface area contributed by atoms with E-state index in [2.05, 4.69) is 43.1 Å². The molecule has 1 aromatic carbocycles. The van der Waals surface area contributed by atoms with Crippen LogP contribution in [-0.2, 0) is 0 Å². The lowest BCUT2D eigenvalue weighted by Crippen LogP contribution is -2.09. The Morgan fingerprint density at radius 3 is 2.83 bits per heavy atom. The molecule has 0 fully saturated rings. The number of nitrogens with one attached hydrogen (secondary N) is 3. The molecule has 0 unspecified atom stereocenters. The first-order valence-corrected chi connectivity index (χ1v) is 10.3. The Labute approximate surface area is 181 Å². The Hall–Kier alpha value is -3.38. The summed E-state index contributed by atoms with van der Waals surface area (Å²) in [5.74, 6) is 0.649. The lowest BCUT2D eigenvalue weighted by molar-refractivity contribution is 0.843. The largest absolute Gasteiger partial charge is 0.387 e. The lowest BCUT2D eigenvalue weighted by atomic mass is 10.1. The second kappa shape index (κ2) is 9.89. The summed E-state index contributed by atoms with van der Waals surface area (Å²) in [7, 11) is 0. The number of hydrogen-bond acceptors (Lipinski definition) is 6. The number of halogens is 1. The molecule has 7 heteroatoms.